The molecule has 0 fully saturated rings. The van der Waals surface area contributed by atoms with Crippen LogP contribution in [0.3, 0.4) is 0 Å². The lowest BCUT2D eigenvalue weighted by molar-refractivity contribution is -0.0577. The highest BCUT2D eigenvalue weighted by Gasteiger charge is 2.38. The molecule has 1 heterocycles. The quantitative estimate of drug-likeness (QED) is 0.667. The lowest BCUT2D eigenvalue weighted by atomic mass is 9.84. The molecule has 1 aliphatic heterocycles. The fourth-order valence-electron chi connectivity index (χ4n) is 1.92. The Balaban J connectivity index is 2.52. The second-order valence-corrected chi connectivity index (χ2v) is 4.35. The maximum absolute atomic E-state index is 13.1. The maximum Gasteiger partial charge on any atom is 0.123 e. The first-order valence-corrected chi connectivity index (χ1v) is 4.97. The molecular weight excluding hydrogens is 179 g/mol. The standard InChI is InChI=1S/C12H15FO/c1-8(2)12(3)11-6-10(13)5-4-9(11)7-14-12/h4-6,8H,7H2,1-3H3. The number of hydrogen-bond donors (Lipinski definition) is 0. The van der Waals surface area contributed by atoms with Crippen molar-refractivity contribution in [2.45, 2.75) is 33.0 Å². The molecule has 14 heavy (non-hydrogen) atoms. The minimum Gasteiger partial charge on any atom is -0.366 e. The number of fused-ring (bicyclic) bond motifs is 1. The normalized spacial score (nSPS) is 25.5. The Bertz CT molecular complexity index is 359. The SMILES string of the molecule is CC(C)C1(C)OCc2ccc(F)cc21. The summed E-state index contributed by atoms with van der Waals surface area (Å²) in [5.74, 6) is 0.173. The molecule has 0 radical (unpaired) electrons. The van der Waals surface area contributed by atoms with Crippen LogP contribution in [0.4, 0.5) is 4.39 Å². The fraction of sp³-hybridized carbons (Fsp3) is 0.500. The van der Waals surface area contributed by atoms with E-state index < -0.39 is 0 Å². The minimum absolute atomic E-state index is 0.180. The first kappa shape index (κ1) is 9.66. The molecule has 2 heteroatoms. The summed E-state index contributed by atoms with van der Waals surface area (Å²) in [6.45, 7) is 6.83. The van der Waals surface area contributed by atoms with Gasteiger partial charge in [0.1, 0.15) is 5.82 Å². The molecule has 0 aliphatic carbocycles. The van der Waals surface area contributed by atoms with Gasteiger partial charge >= 0.3 is 0 Å². The zero-order chi connectivity index (χ0) is 10.3. The predicted octanol–water partition coefficient (Wildman–Crippen LogP) is 3.23. The zero-order valence-electron chi connectivity index (χ0n) is 8.80. The van der Waals surface area contributed by atoms with E-state index in [0.29, 0.717) is 12.5 Å². The van der Waals surface area contributed by atoms with E-state index in [0.717, 1.165) is 11.1 Å². The van der Waals surface area contributed by atoms with E-state index in [1.165, 1.54) is 6.07 Å². The van der Waals surface area contributed by atoms with E-state index in [-0.39, 0.29) is 11.4 Å². The minimum atomic E-state index is -0.322. The van der Waals surface area contributed by atoms with Gasteiger partial charge in [-0.2, -0.15) is 0 Å². The van der Waals surface area contributed by atoms with Crippen LogP contribution in [0.5, 0.6) is 0 Å². The summed E-state index contributed by atoms with van der Waals surface area (Å²) in [6.07, 6.45) is 0. The van der Waals surface area contributed by atoms with Crippen LogP contribution in [0, 0.1) is 11.7 Å². The topological polar surface area (TPSA) is 9.23 Å². The summed E-state index contributed by atoms with van der Waals surface area (Å²) in [5, 5.41) is 0. The smallest absolute Gasteiger partial charge is 0.123 e. The van der Waals surface area contributed by atoms with Gasteiger partial charge in [-0.15, -0.1) is 0 Å². The molecule has 1 aromatic rings. The van der Waals surface area contributed by atoms with Crippen LogP contribution in [0.2, 0.25) is 0 Å². The summed E-state index contributed by atoms with van der Waals surface area (Å²) in [7, 11) is 0. The third-order valence-electron chi connectivity index (χ3n) is 3.24. The van der Waals surface area contributed by atoms with Crippen molar-refractivity contribution in [3.05, 3.63) is 35.1 Å². The van der Waals surface area contributed by atoms with Gasteiger partial charge in [-0.25, -0.2) is 4.39 Å². The Kier molecular flexibility index (Phi) is 2.11. The monoisotopic (exact) mass is 194 g/mol. The highest BCUT2D eigenvalue weighted by atomic mass is 19.1. The van der Waals surface area contributed by atoms with Gasteiger partial charge in [0, 0.05) is 0 Å². The number of benzene rings is 1. The molecule has 1 aromatic carbocycles. The Morgan fingerprint density at radius 1 is 1.43 bits per heavy atom. The van der Waals surface area contributed by atoms with Gasteiger partial charge in [-0.3, -0.25) is 0 Å². The molecule has 1 unspecified atom stereocenters. The molecule has 76 valence electrons. The molecule has 0 saturated heterocycles. The van der Waals surface area contributed by atoms with Crippen LogP contribution in [-0.4, -0.2) is 0 Å². The summed E-state index contributed by atoms with van der Waals surface area (Å²) >= 11 is 0. The summed E-state index contributed by atoms with van der Waals surface area (Å²) in [5.41, 5.74) is 1.80. The number of hydrogen-bond acceptors (Lipinski definition) is 1. The van der Waals surface area contributed by atoms with Crippen LogP contribution < -0.4 is 0 Å². The van der Waals surface area contributed by atoms with Crippen LogP contribution in [0.1, 0.15) is 31.9 Å². The van der Waals surface area contributed by atoms with Crippen molar-refractivity contribution in [2.75, 3.05) is 0 Å². The summed E-state index contributed by atoms with van der Waals surface area (Å²) in [4.78, 5) is 0. The molecule has 0 N–H and O–H groups in total. The number of halogens is 1. The van der Waals surface area contributed by atoms with Crippen molar-refractivity contribution in [2.24, 2.45) is 5.92 Å². The lowest BCUT2D eigenvalue weighted by Crippen LogP contribution is -2.27. The van der Waals surface area contributed by atoms with Crippen LogP contribution in [0.25, 0.3) is 0 Å². The van der Waals surface area contributed by atoms with Crippen molar-refractivity contribution in [3.63, 3.8) is 0 Å². The molecule has 0 amide bonds. The van der Waals surface area contributed by atoms with Crippen molar-refractivity contribution in [1.82, 2.24) is 0 Å². The lowest BCUT2D eigenvalue weighted by Gasteiger charge is -2.29. The largest absolute Gasteiger partial charge is 0.366 e. The molecule has 2 rings (SSSR count). The number of rotatable bonds is 1. The second kappa shape index (κ2) is 3.06. The Hall–Kier alpha value is -0.890. The van der Waals surface area contributed by atoms with E-state index in [2.05, 4.69) is 13.8 Å². The molecule has 0 saturated carbocycles. The predicted molar refractivity (Wildman–Crippen MR) is 53.4 cm³/mol. The van der Waals surface area contributed by atoms with Crippen LogP contribution in [0.15, 0.2) is 18.2 Å². The summed E-state index contributed by atoms with van der Waals surface area (Å²) in [6, 6.07) is 4.91. The van der Waals surface area contributed by atoms with Crippen LogP contribution in [-0.2, 0) is 16.9 Å². The van der Waals surface area contributed by atoms with Gasteiger partial charge < -0.3 is 4.74 Å². The Morgan fingerprint density at radius 2 is 2.14 bits per heavy atom. The van der Waals surface area contributed by atoms with Gasteiger partial charge in [0.25, 0.3) is 0 Å². The molecule has 1 atom stereocenters. The highest BCUT2D eigenvalue weighted by molar-refractivity contribution is 5.35. The van der Waals surface area contributed by atoms with E-state index in [9.17, 15) is 4.39 Å². The molecule has 0 spiro atoms. The second-order valence-electron chi connectivity index (χ2n) is 4.35. The molecule has 0 aromatic heterocycles. The van der Waals surface area contributed by atoms with E-state index in [1.807, 2.05) is 13.0 Å². The van der Waals surface area contributed by atoms with E-state index in [4.69, 9.17) is 4.74 Å². The van der Waals surface area contributed by atoms with Crippen molar-refractivity contribution in [3.8, 4) is 0 Å². The van der Waals surface area contributed by atoms with Gasteiger partial charge in [-0.1, -0.05) is 19.9 Å². The Labute approximate surface area is 83.9 Å². The molecule has 0 bridgehead atoms. The Morgan fingerprint density at radius 3 is 2.79 bits per heavy atom. The van der Waals surface area contributed by atoms with E-state index >= 15 is 0 Å². The van der Waals surface area contributed by atoms with Crippen LogP contribution >= 0.6 is 0 Å². The van der Waals surface area contributed by atoms with Crippen molar-refractivity contribution >= 4 is 0 Å². The van der Waals surface area contributed by atoms with Crippen molar-refractivity contribution in [1.29, 1.82) is 0 Å². The van der Waals surface area contributed by atoms with Gasteiger partial charge in [0.15, 0.2) is 0 Å². The average molecular weight is 194 g/mol. The zero-order valence-corrected chi connectivity index (χ0v) is 8.80. The highest BCUT2D eigenvalue weighted by Crippen LogP contribution is 2.41. The molecule has 1 aliphatic rings. The van der Waals surface area contributed by atoms with Gasteiger partial charge in [-0.05, 0) is 36.1 Å². The summed E-state index contributed by atoms with van der Waals surface area (Å²) < 4.78 is 18.9. The first-order valence-electron chi connectivity index (χ1n) is 4.97. The molecule has 1 nitrogen and oxygen atoms in total. The van der Waals surface area contributed by atoms with Gasteiger partial charge in [0.2, 0.25) is 0 Å². The third kappa shape index (κ3) is 1.25. The average Bonchev–Trinajstić information content (AvgIpc) is 2.46. The van der Waals surface area contributed by atoms with E-state index in [1.54, 1.807) is 6.07 Å². The first-order chi connectivity index (χ1) is 6.54. The van der Waals surface area contributed by atoms with Crippen molar-refractivity contribution < 1.29 is 9.13 Å². The third-order valence-corrected chi connectivity index (χ3v) is 3.24. The number of ether oxygens (including phenoxy) is 1. The molecular formula is C12H15FO. The van der Waals surface area contributed by atoms with Gasteiger partial charge in [0.05, 0.1) is 12.2 Å². The fourth-order valence-corrected chi connectivity index (χ4v) is 1.92. The maximum atomic E-state index is 13.1.